The molecule has 8 heteroatoms. The van der Waals surface area contributed by atoms with E-state index < -0.39 is 0 Å². The van der Waals surface area contributed by atoms with Gasteiger partial charge in [-0.3, -0.25) is 4.79 Å². The van der Waals surface area contributed by atoms with E-state index in [0.717, 1.165) is 21.5 Å². The van der Waals surface area contributed by atoms with Crippen LogP contribution in [0.3, 0.4) is 0 Å². The van der Waals surface area contributed by atoms with Gasteiger partial charge in [0.15, 0.2) is 4.34 Å². The lowest BCUT2D eigenvalue weighted by molar-refractivity contribution is -0.117. The van der Waals surface area contributed by atoms with Crippen LogP contribution in [0.25, 0.3) is 0 Å². The minimum Gasteiger partial charge on any atom is -0.497 e. The van der Waals surface area contributed by atoms with Crippen molar-refractivity contribution in [2.45, 2.75) is 23.4 Å². The van der Waals surface area contributed by atoms with Gasteiger partial charge in [-0.2, -0.15) is 0 Å². The standard InChI is InChI=1S/C20H22N4O2S2/c1-4-24(16-8-6-5-7-9-16)18(25)14(2)27-20-23-22-19(28-20)21-15-10-12-17(26-3)13-11-15/h5-14H,4H2,1-3H3,(H,21,22). The second kappa shape index (κ2) is 9.57. The molecule has 0 spiro atoms. The van der Waals surface area contributed by atoms with Crippen molar-refractivity contribution in [3.05, 3.63) is 54.6 Å². The van der Waals surface area contributed by atoms with Crippen LogP contribution in [0.4, 0.5) is 16.5 Å². The summed E-state index contributed by atoms with van der Waals surface area (Å²) in [6, 6.07) is 17.3. The van der Waals surface area contributed by atoms with Crippen molar-refractivity contribution in [3.63, 3.8) is 0 Å². The van der Waals surface area contributed by atoms with Crippen LogP contribution in [0.5, 0.6) is 5.75 Å². The topological polar surface area (TPSA) is 67.4 Å². The Morgan fingerprint density at radius 1 is 1.18 bits per heavy atom. The second-order valence-corrected chi connectivity index (χ2v) is 8.47. The molecule has 2 aromatic carbocycles. The first-order chi connectivity index (χ1) is 13.6. The lowest BCUT2D eigenvalue weighted by Gasteiger charge is -2.23. The van der Waals surface area contributed by atoms with Gasteiger partial charge in [0.25, 0.3) is 0 Å². The van der Waals surface area contributed by atoms with E-state index in [4.69, 9.17) is 4.74 Å². The number of carbonyl (C=O) groups is 1. The van der Waals surface area contributed by atoms with Crippen LogP contribution < -0.4 is 15.0 Å². The van der Waals surface area contributed by atoms with Crippen molar-refractivity contribution in [2.24, 2.45) is 0 Å². The zero-order valence-corrected chi connectivity index (χ0v) is 17.6. The van der Waals surface area contributed by atoms with Gasteiger partial charge in [-0.1, -0.05) is 41.3 Å². The first-order valence-corrected chi connectivity index (χ1v) is 10.6. The fraction of sp³-hybridized carbons (Fsp3) is 0.250. The third-order valence-electron chi connectivity index (χ3n) is 4.02. The van der Waals surface area contributed by atoms with Crippen molar-refractivity contribution in [2.75, 3.05) is 23.9 Å². The van der Waals surface area contributed by atoms with Crippen LogP contribution in [0.1, 0.15) is 13.8 Å². The average Bonchev–Trinajstić information content (AvgIpc) is 3.16. The number of hydrogen-bond acceptors (Lipinski definition) is 7. The van der Waals surface area contributed by atoms with E-state index in [1.54, 1.807) is 12.0 Å². The highest BCUT2D eigenvalue weighted by Crippen LogP contribution is 2.32. The molecular weight excluding hydrogens is 392 g/mol. The molecule has 1 aromatic heterocycles. The number of nitrogens with zero attached hydrogens (tertiary/aromatic N) is 3. The number of methoxy groups -OCH3 is 1. The van der Waals surface area contributed by atoms with Gasteiger partial charge in [0.05, 0.1) is 12.4 Å². The molecule has 0 aliphatic rings. The minimum absolute atomic E-state index is 0.0542. The quantitative estimate of drug-likeness (QED) is 0.533. The second-order valence-electron chi connectivity index (χ2n) is 5.90. The number of carbonyl (C=O) groups excluding carboxylic acids is 1. The Labute approximate surface area is 172 Å². The smallest absolute Gasteiger partial charge is 0.240 e. The molecule has 6 nitrogen and oxygen atoms in total. The van der Waals surface area contributed by atoms with Gasteiger partial charge >= 0.3 is 0 Å². The molecule has 0 fully saturated rings. The van der Waals surface area contributed by atoms with E-state index in [2.05, 4.69) is 15.5 Å². The summed E-state index contributed by atoms with van der Waals surface area (Å²) in [6.07, 6.45) is 0. The summed E-state index contributed by atoms with van der Waals surface area (Å²) < 4.78 is 5.91. The van der Waals surface area contributed by atoms with Crippen molar-refractivity contribution in [1.29, 1.82) is 0 Å². The van der Waals surface area contributed by atoms with Crippen LogP contribution in [0.15, 0.2) is 58.9 Å². The summed E-state index contributed by atoms with van der Waals surface area (Å²) in [6.45, 7) is 4.49. The number of benzene rings is 2. The predicted octanol–water partition coefficient (Wildman–Crippen LogP) is 4.82. The molecule has 28 heavy (non-hydrogen) atoms. The highest BCUT2D eigenvalue weighted by atomic mass is 32.2. The molecule has 1 N–H and O–H groups in total. The van der Waals surface area contributed by atoms with E-state index in [1.807, 2.05) is 68.4 Å². The highest BCUT2D eigenvalue weighted by Gasteiger charge is 2.23. The zero-order valence-electron chi connectivity index (χ0n) is 16.0. The molecular formula is C20H22N4O2S2. The number of rotatable bonds is 8. The molecule has 146 valence electrons. The van der Waals surface area contributed by atoms with Crippen LogP contribution in [0, 0.1) is 0 Å². The lowest BCUT2D eigenvalue weighted by atomic mass is 10.2. The predicted molar refractivity (Wildman–Crippen MR) is 116 cm³/mol. The molecule has 3 rings (SSSR count). The monoisotopic (exact) mass is 414 g/mol. The summed E-state index contributed by atoms with van der Waals surface area (Å²) in [7, 11) is 1.64. The highest BCUT2D eigenvalue weighted by molar-refractivity contribution is 8.02. The summed E-state index contributed by atoms with van der Waals surface area (Å²) in [5.74, 6) is 0.851. The third kappa shape index (κ3) is 5.02. The van der Waals surface area contributed by atoms with E-state index >= 15 is 0 Å². The maximum Gasteiger partial charge on any atom is 0.240 e. The first kappa shape index (κ1) is 20.2. The van der Waals surface area contributed by atoms with Crippen LogP contribution in [-0.4, -0.2) is 35.0 Å². The fourth-order valence-electron chi connectivity index (χ4n) is 2.60. The summed E-state index contributed by atoms with van der Waals surface area (Å²) >= 11 is 2.85. The largest absolute Gasteiger partial charge is 0.497 e. The van der Waals surface area contributed by atoms with Crippen molar-refractivity contribution >= 4 is 45.5 Å². The number of hydrogen-bond donors (Lipinski definition) is 1. The van der Waals surface area contributed by atoms with Gasteiger partial charge in [0.1, 0.15) is 5.75 Å². The Morgan fingerprint density at radius 3 is 2.54 bits per heavy atom. The van der Waals surface area contributed by atoms with Gasteiger partial charge in [-0.15, -0.1) is 10.2 Å². The Balaban J connectivity index is 1.62. The average molecular weight is 415 g/mol. The summed E-state index contributed by atoms with van der Waals surface area (Å²) in [5.41, 5.74) is 1.81. The Morgan fingerprint density at radius 2 is 1.89 bits per heavy atom. The maximum atomic E-state index is 12.9. The normalized spacial score (nSPS) is 11.7. The molecule has 1 atom stereocenters. The minimum atomic E-state index is -0.262. The Hall–Kier alpha value is -2.58. The number of aromatic nitrogens is 2. The number of anilines is 3. The molecule has 0 bridgehead atoms. The van der Waals surface area contributed by atoms with Crippen molar-refractivity contribution in [3.8, 4) is 5.75 Å². The number of amides is 1. The Kier molecular flexibility index (Phi) is 6.89. The molecule has 0 saturated heterocycles. The SMILES string of the molecule is CCN(C(=O)C(C)Sc1nnc(Nc2ccc(OC)cc2)s1)c1ccccc1. The fourth-order valence-corrected chi connectivity index (χ4v) is 4.58. The molecule has 1 unspecified atom stereocenters. The molecule has 0 aliphatic carbocycles. The molecule has 1 heterocycles. The Bertz CT molecular complexity index is 900. The number of para-hydroxylation sites is 1. The van der Waals surface area contributed by atoms with Crippen LogP contribution in [0.2, 0.25) is 0 Å². The van der Waals surface area contributed by atoms with Gasteiger partial charge in [0, 0.05) is 17.9 Å². The van der Waals surface area contributed by atoms with Gasteiger partial charge in [-0.05, 0) is 50.2 Å². The van der Waals surface area contributed by atoms with Crippen LogP contribution in [-0.2, 0) is 4.79 Å². The van der Waals surface area contributed by atoms with Gasteiger partial charge < -0.3 is 15.0 Å². The van der Waals surface area contributed by atoms with Crippen LogP contribution >= 0.6 is 23.1 Å². The lowest BCUT2D eigenvalue weighted by Crippen LogP contribution is -2.36. The molecule has 0 radical (unpaired) electrons. The van der Waals surface area contributed by atoms with E-state index in [-0.39, 0.29) is 11.2 Å². The van der Waals surface area contributed by atoms with E-state index in [0.29, 0.717) is 11.7 Å². The van der Waals surface area contributed by atoms with Crippen molar-refractivity contribution < 1.29 is 9.53 Å². The number of thioether (sulfide) groups is 1. The number of nitrogens with one attached hydrogen (secondary N) is 1. The van der Waals surface area contributed by atoms with Gasteiger partial charge in [-0.25, -0.2) is 0 Å². The van der Waals surface area contributed by atoms with Gasteiger partial charge in [0.2, 0.25) is 11.0 Å². The van der Waals surface area contributed by atoms with E-state index in [1.165, 1.54) is 23.1 Å². The molecule has 0 aliphatic heterocycles. The number of ether oxygens (including phenoxy) is 1. The maximum absolute atomic E-state index is 12.9. The van der Waals surface area contributed by atoms with Crippen molar-refractivity contribution in [1.82, 2.24) is 10.2 Å². The zero-order chi connectivity index (χ0) is 19.9. The third-order valence-corrected chi connectivity index (χ3v) is 6.03. The van der Waals surface area contributed by atoms with E-state index in [9.17, 15) is 4.79 Å². The molecule has 3 aromatic rings. The molecule has 0 saturated carbocycles. The summed E-state index contributed by atoms with van der Waals surface area (Å²) in [4.78, 5) is 14.7. The summed E-state index contributed by atoms with van der Waals surface area (Å²) in [5, 5.41) is 12.0. The molecule has 1 amide bonds. The first-order valence-electron chi connectivity index (χ1n) is 8.88.